The van der Waals surface area contributed by atoms with E-state index in [9.17, 15) is 0 Å². The minimum atomic E-state index is 0.423. The van der Waals surface area contributed by atoms with Gasteiger partial charge in [0.25, 0.3) is 0 Å². The summed E-state index contributed by atoms with van der Waals surface area (Å²) in [6, 6.07) is 5.89. The fourth-order valence-electron chi connectivity index (χ4n) is 1.62. The molecule has 0 saturated carbocycles. The van der Waals surface area contributed by atoms with Crippen molar-refractivity contribution >= 4 is 12.2 Å². The first-order valence-electron chi connectivity index (χ1n) is 5.64. The molecule has 2 rings (SSSR count). The van der Waals surface area contributed by atoms with E-state index in [1.54, 1.807) is 6.20 Å². The van der Waals surface area contributed by atoms with Crippen LogP contribution >= 0.6 is 12.2 Å². The predicted octanol–water partition coefficient (Wildman–Crippen LogP) is 3.25. The van der Waals surface area contributed by atoms with Crippen molar-refractivity contribution in [3.63, 3.8) is 0 Å². The third-order valence-corrected chi connectivity index (χ3v) is 2.74. The van der Waals surface area contributed by atoms with Gasteiger partial charge in [0.05, 0.1) is 0 Å². The first kappa shape index (κ1) is 11.9. The molecule has 0 radical (unpaired) electrons. The molecule has 2 aromatic heterocycles. The first-order chi connectivity index (χ1) is 8.15. The fraction of sp³-hybridized carbons (Fsp3) is 0.308. The number of aromatic nitrogens is 3. The number of H-pyrrole nitrogens is 1. The molecule has 0 amide bonds. The van der Waals surface area contributed by atoms with Gasteiger partial charge in [-0.2, -0.15) is 0 Å². The lowest BCUT2D eigenvalue weighted by Gasteiger charge is -2.08. The lowest BCUT2D eigenvalue weighted by Crippen LogP contribution is -2.02. The van der Waals surface area contributed by atoms with Crippen molar-refractivity contribution in [2.75, 3.05) is 0 Å². The Labute approximate surface area is 106 Å². The summed E-state index contributed by atoms with van der Waals surface area (Å²) in [4.78, 5) is 11.8. The molecular formula is C13H15N3S. The maximum absolute atomic E-state index is 5.18. The zero-order valence-electron chi connectivity index (χ0n) is 9.97. The molecule has 0 saturated heterocycles. The number of aromatic amines is 1. The first-order valence-corrected chi connectivity index (χ1v) is 6.05. The maximum Gasteiger partial charge on any atom is 0.130 e. The van der Waals surface area contributed by atoms with Gasteiger partial charge in [0, 0.05) is 24.5 Å². The number of nitrogens with one attached hydrogen (secondary N) is 1. The van der Waals surface area contributed by atoms with Crippen LogP contribution < -0.4 is 0 Å². The Kier molecular flexibility index (Phi) is 3.64. The van der Waals surface area contributed by atoms with Crippen molar-refractivity contribution in [1.29, 1.82) is 0 Å². The van der Waals surface area contributed by atoms with Crippen molar-refractivity contribution < 1.29 is 0 Å². The van der Waals surface area contributed by atoms with Crippen molar-refractivity contribution in [2.45, 2.75) is 26.2 Å². The van der Waals surface area contributed by atoms with Crippen LogP contribution in [-0.2, 0) is 6.42 Å². The Bertz CT molecular complexity index is 546. The zero-order chi connectivity index (χ0) is 12.3. The smallest absolute Gasteiger partial charge is 0.130 e. The van der Waals surface area contributed by atoms with Gasteiger partial charge in [0.1, 0.15) is 10.5 Å². The van der Waals surface area contributed by atoms with Crippen molar-refractivity contribution in [1.82, 2.24) is 15.0 Å². The highest BCUT2D eigenvalue weighted by atomic mass is 32.1. The van der Waals surface area contributed by atoms with Crippen LogP contribution in [0.4, 0.5) is 0 Å². The van der Waals surface area contributed by atoms with Crippen LogP contribution in [0.1, 0.15) is 36.8 Å². The summed E-state index contributed by atoms with van der Waals surface area (Å²) in [5.41, 5.74) is 2.26. The normalized spacial score (nSPS) is 10.8. The Morgan fingerprint density at radius 2 is 2.24 bits per heavy atom. The molecule has 0 bridgehead atoms. The molecule has 2 aromatic rings. The van der Waals surface area contributed by atoms with E-state index in [1.165, 1.54) is 0 Å². The molecule has 0 atom stereocenters. The average Bonchev–Trinajstić information content (AvgIpc) is 2.29. The number of hydrogen-bond acceptors (Lipinski definition) is 3. The van der Waals surface area contributed by atoms with Crippen molar-refractivity contribution in [3.8, 4) is 0 Å². The van der Waals surface area contributed by atoms with Crippen LogP contribution in [0.25, 0.3) is 0 Å². The van der Waals surface area contributed by atoms with Crippen LogP contribution in [-0.4, -0.2) is 15.0 Å². The summed E-state index contributed by atoms with van der Waals surface area (Å²) < 4.78 is 0.645. The molecule has 0 spiro atoms. The van der Waals surface area contributed by atoms with Gasteiger partial charge in [-0.1, -0.05) is 32.1 Å². The number of rotatable bonds is 3. The molecule has 3 nitrogen and oxygen atoms in total. The number of hydrogen-bond donors (Lipinski definition) is 1. The SMILES string of the molecule is CC(C)c1cc(=S)nc(Cc2cccnc2)[nH]1. The molecule has 0 aromatic carbocycles. The molecule has 4 heteroatoms. The van der Waals surface area contributed by atoms with Crippen molar-refractivity contribution in [3.05, 3.63) is 52.3 Å². The van der Waals surface area contributed by atoms with Gasteiger partial charge >= 0.3 is 0 Å². The monoisotopic (exact) mass is 245 g/mol. The van der Waals surface area contributed by atoms with Gasteiger partial charge in [-0.15, -0.1) is 0 Å². The Balaban J connectivity index is 2.30. The van der Waals surface area contributed by atoms with E-state index in [4.69, 9.17) is 12.2 Å². The minimum Gasteiger partial charge on any atom is -0.347 e. The van der Waals surface area contributed by atoms with Gasteiger partial charge in [0.2, 0.25) is 0 Å². The quantitative estimate of drug-likeness (QED) is 0.844. The Morgan fingerprint density at radius 3 is 2.88 bits per heavy atom. The maximum atomic E-state index is 5.18. The molecule has 0 aliphatic heterocycles. The molecule has 0 unspecified atom stereocenters. The van der Waals surface area contributed by atoms with Gasteiger partial charge in [-0.3, -0.25) is 4.98 Å². The molecule has 88 valence electrons. The minimum absolute atomic E-state index is 0.423. The molecule has 0 aliphatic carbocycles. The molecule has 1 N–H and O–H groups in total. The third kappa shape index (κ3) is 3.20. The van der Waals surface area contributed by atoms with Crippen LogP contribution in [0.2, 0.25) is 0 Å². The summed E-state index contributed by atoms with van der Waals surface area (Å²) in [6.45, 7) is 4.27. The summed E-state index contributed by atoms with van der Waals surface area (Å²) >= 11 is 5.18. The van der Waals surface area contributed by atoms with E-state index < -0.39 is 0 Å². The highest BCUT2D eigenvalue weighted by Crippen LogP contribution is 2.12. The van der Waals surface area contributed by atoms with E-state index in [-0.39, 0.29) is 0 Å². The van der Waals surface area contributed by atoms with Gasteiger partial charge in [-0.05, 0) is 23.6 Å². The molecule has 2 heterocycles. The van der Waals surface area contributed by atoms with Crippen LogP contribution in [0, 0.1) is 4.64 Å². The fourth-order valence-corrected chi connectivity index (χ4v) is 1.86. The summed E-state index contributed by atoms with van der Waals surface area (Å²) in [5, 5.41) is 0. The van der Waals surface area contributed by atoms with Crippen LogP contribution in [0.5, 0.6) is 0 Å². The molecule has 17 heavy (non-hydrogen) atoms. The second-order valence-electron chi connectivity index (χ2n) is 4.31. The van der Waals surface area contributed by atoms with E-state index in [2.05, 4.69) is 28.8 Å². The zero-order valence-corrected chi connectivity index (χ0v) is 10.8. The summed E-state index contributed by atoms with van der Waals surface area (Å²) in [5.74, 6) is 1.32. The average molecular weight is 245 g/mol. The third-order valence-electron chi connectivity index (χ3n) is 2.53. The molecule has 0 fully saturated rings. The van der Waals surface area contributed by atoms with E-state index in [1.807, 2.05) is 24.4 Å². The van der Waals surface area contributed by atoms with Gasteiger partial charge in [-0.25, -0.2) is 4.98 Å². The molecule has 0 aliphatic rings. The molecular weight excluding hydrogens is 230 g/mol. The van der Waals surface area contributed by atoms with Crippen molar-refractivity contribution in [2.24, 2.45) is 0 Å². The number of nitrogens with zero attached hydrogens (tertiary/aromatic N) is 2. The second-order valence-corrected chi connectivity index (χ2v) is 4.73. The van der Waals surface area contributed by atoms with Crippen LogP contribution in [0.15, 0.2) is 30.6 Å². The van der Waals surface area contributed by atoms with E-state index >= 15 is 0 Å². The lowest BCUT2D eigenvalue weighted by atomic mass is 10.1. The van der Waals surface area contributed by atoms with Gasteiger partial charge < -0.3 is 4.98 Å². The summed E-state index contributed by atoms with van der Waals surface area (Å²) in [7, 11) is 0. The highest BCUT2D eigenvalue weighted by molar-refractivity contribution is 7.71. The highest BCUT2D eigenvalue weighted by Gasteiger charge is 2.04. The topological polar surface area (TPSA) is 41.6 Å². The summed E-state index contributed by atoms with van der Waals surface area (Å²) in [6.07, 6.45) is 4.35. The predicted molar refractivity (Wildman–Crippen MR) is 70.6 cm³/mol. The largest absolute Gasteiger partial charge is 0.347 e. The Morgan fingerprint density at radius 1 is 1.41 bits per heavy atom. The van der Waals surface area contributed by atoms with Crippen LogP contribution in [0.3, 0.4) is 0 Å². The lowest BCUT2D eigenvalue weighted by molar-refractivity contribution is 0.788. The van der Waals surface area contributed by atoms with E-state index in [0.29, 0.717) is 10.6 Å². The number of pyridine rings is 1. The second kappa shape index (κ2) is 5.19. The Hall–Kier alpha value is -1.55. The standard InChI is InChI=1S/C13H15N3S/c1-9(2)11-7-13(17)16-12(15-11)6-10-4-3-5-14-8-10/h3-5,7-9H,6H2,1-2H3,(H,15,16,17). The van der Waals surface area contributed by atoms with Gasteiger partial charge in [0.15, 0.2) is 0 Å². The van der Waals surface area contributed by atoms with E-state index in [0.717, 1.165) is 23.5 Å².